The van der Waals surface area contributed by atoms with Crippen LogP contribution >= 0.6 is 11.6 Å². The smallest absolute Gasteiger partial charge is 0.257 e. The Morgan fingerprint density at radius 2 is 2.05 bits per heavy atom. The van der Waals surface area contributed by atoms with Gasteiger partial charge >= 0.3 is 0 Å². The summed E-state index contributed by atoms with van der Waals surface area (Å²) in [6.45, 7) is 5.98. The lowest BCUT2D eigenvalue weighted by Gasteiger charge is -2.21. The average molecular weight is 300 g/mol. The molecule has 0 saturated heterocycles. The summed E-state index contributed by atoms with van der Waals surface area (Å²) >= 11 is 5.96. The number of aliphatic hydroxyl groups is 1. The lowest BCUT2D eigenvalue weighted by Crippen LogP contribution is -2.30. The Morgan fingerprint density at radius 1 is 1.40 bits per heavy atom. The highest BCUT2D eigenvalue weighted by atomic mass is 35.5. The third-order valence-corrected chi connectivity index (χ3v) is 3.00. The van der Waals surface area contributed by atoms with E-state index in [-0.39, 0.29) is 12.0 Å². The first kappa shape index (κ1) is 16.8. The largest absolute Gasteiger partial charge is 0.490 e. The molecule has 1 amide bonds. The van der Waals surface area contributed by atoms with Gasteiger partial charge in [-0.3, -0.25) is 4.79 Å². The van der Waals surface area contributed by atoms with Gasteiger partial charge in [-0.25, -0.2) is 0 Å². The molecule has 0 aromatic heterocycles. The zero-order chi connectivity index (χ0) is 15.3. The summed E-state index contributed by atoms with van der Waals surface area (Å²) in [5.41, 5.74) is 0.444. The molecule has 0 aliphatic carbocycles. The van der Waals surface area contributed by atoms with E-state index in [4.69, 9.17) is 16.3 Å². The van der Waals surface area contributed by atoms with E-state index in [0.717, 1.165) is 0 Å². The maximum Gasteiger partial charge on any atom is 0.257 e. The van der Waals surface area contributed by atoms with Gasteiger partial charge in [0.15, 0.2) is 0 Å². The zero-order valence-corrected chi connectivity index (χ0v) is 13.1. The van der Waals surface area contributed by atoms with Crippen molar-refractivity contribution in [3.63, 3.8) is 0 Å². The van der Waals surface area contributed by atoms with Crippen molar-refractivity contribution >= 4 is 17.5 Å². The van der Waals surface area contributed by atoms with Crippen LogP contribution in [0, 0.1) is 0 Å². The highest BCUT2D eigenvalue weighted by molar-refractivity contribution is 6.31. The lowest BCUT2D eigenvalue weighted by atomic mass is 10.1. The third kappa shape index (κ3) is 5.02. The summed E-state index contributed by atoms with van der Waals surface area (Å²) < 4.78 is 5.64. The number of ether oxygens (including phenoxy) is 1. The Kier molecular flexibility index (Phi) is 6.30. The first-order valence-corrected chi connectivity index (χ1v) is 7.08. The van der Waals surface area contributed by atoms with Crippen LogP contribution in [0.4, 0.5) is 0 Å². The molecule has 5 heteroatoms. The van der Waals surface area contributed by atoms with Crippen LogP contribution in [-0.4, -0.2) is 41.7 Å². The number of hydrogen-bond acceptors (Lipinski definition) is 3. The number of hydrogen-bond donors (Lipinski definition) is 1. The van der Waals surface area contributed by atoms with Crippen LogP contribution in [-0.2, 0) is 0 Å². The van der Waals surface area contributed by atoms with Gasteiger partial charge in [0.25, 0.3) is 5.91 Å². The topological polar surface area (TPSA) is 49.8 Å². The second-order valence-electron chi connectivity index (χ2n) is 5.17. The number of amides is 1. The first-order valence-electron chi connectivity index (χ1n) is 6.71. The van der Waals surface area contributed by atoms with Crippen LogP contribution < -0.4 is 4.74 Å². The molecule has 0 saturated carbocycles. The maximum atomic E-state index is 12.4. The summed E-state index contributed by atoms with van der Waals surface area (Å²) in [4.78, 5) is 14.0. The summed E-state index contributed by atoms with van der Waals surface area (Å²) in [5, 5.41) is 9.78. The van der Waals surface area contributed by atoms with E-state index < -0.39 is 6.10 Å². The fraction of sp³-hybridized carbons (Fsp3) is 0.533. The van der Waals surface area contributed by atoms with E-state index in [1.54, 1.807) is 37.1 Å². The normalized spacial score (nSPS) is 12.3. The Morgan fingerprint density at radius 3 is 2.60 bits per heavy atom. The standard InChI is InChI=1S/C15H22ClNO3/c1-10(2)20-14-6-5-12(16)9-13(14)15(19)17(4)8-7-11(3)18/h5-6,9-11,18H,7-8H2,1-4H3. The Bertz CT molecular complexity index is 460. The van der Waals surface area contributed by atoms with Crippen molar-refractivity contribution in [2.24, 2.45) is 0 Å². The van der Waals surface area contributed by atoms with Gasteiger partial charge < -0.3 is 14.7 Å². The number of carbonyl (C=O) groups is 1. The molecule has 0 aliphatic heterocycles. The molecule has 0 bridgehead atoms. The lowest BCUT2D eigenvalue weighted by molar-refractivity contribution is 0.0763. The molecule has 0 fully saturated rings. The molecule has 20 heavy (non-hydrogen) atoms. The van der Waals surface area contributed by atoms with Crippen LogP contribution in [0.25, 0.3) is 0 Å². The van der Waals surface area contributed by atoms with E-state index in [9.17, 15) is 9.90 Å². The van der Waals surface area contributed by atoms with Gasteiger partial charge in [-0.1, -0.05) is 11.6 Å². The van der Waals surface area contributed by atoms with E-state index in [0.29, 0.717) is 29.3 Å². The molecule has 0 aliphatic rings. The second kappa shape index (κ2) is 7.50. The van der Waals surface area contributed by atoms with Crippen molar-refractivity contribution in [1.82, 2.24) is 4.90 Å². The molecule has 1 rings (SSSR count). The molecular weight excluding hydrogens is 278 g/mol. The molecule has 1 atom stereocenters. The third-order valence-electron chi connectivity index (χ3n) is 2.76. The van der Waals surface area contributed by atoms with Gasteiger partial charge in [-0.2, -0.15) is 0 Å². The molecule has 0 spiro atoms. The van der Waals surface area contributed by atoms with Crippen molar-refractivity contribution in [2.45, 2.75) is 39.4 Å². The summed E-state index contributed by atoms with van der Waals surface area (Å²) in [7, 11) is 1.70. The fourth-order valence-electron chi connectivity index (χ4n) is 1.71. The molecule has 0 heterocycles. The minimum absolute atomic E-state index is 0.0227. The van der Waals surface area contributed by atoms with Crippen molar-refractivity contribution in [1.29, 1.82) is 0 Å². The molecule has 1 N–H and O–H groups in total. The number of halogens is 1. The van der Waals surface area contributed by atoms with Gasteiger partial charge in [0.05, 0.1) is 17.8 Å². The highest BCUT2D eigenvalue weighted by Gasteiger charge is 2.18. The summed E-state index contributed by atoms with van der Waals surface area (Å²) in [6.07, 6.45) is 0.0740. The quantitative estimate of drug-likeness (QED) is 0.878. The van der Waals surface area contributed by atoms with Crippen LogP contribution in [0.5, 0.6) is 5.75 Å². The van der Waals surface area contributed by atoms with Gasteiger partial charge in [-0.15, -0.1) is 0 Å². The van der Waals surface area contributed by atoms with E-state index >= 15 is 0 Å². The number of carbonyl (C=O) groups excluding carboxylic acids is 1. The summed E-state index contributed by atoms with van der Waals surface area (Å²) in [5.74, 6) is 0.363. The SMILES string of the molecule is CC(O)CCN(C)C(=O)c1cc(Cl)ccc1OC(C)C. The van der Waals surface area contributed by atoms with Gasteiger partial charge in [0.2, 0.25) is 0 Å². The van der Waals surface area contributed by atoms with E-state index in [2.05, 4.69) is 0 Å². The predicted octanol–water partition coefficient (Wildman–Crippen LogP) is 2.97. The Hall–Kier alpha value is -1.26. The highest BCUT2D eigenvalue weighted by Crippen LogP contribution is 2.25. The Balaban J connectivity index is 2.92. The van der Waals surface area contributed by atoms with Crippen LogP contribution in [0.3, 0.4) is 0 Å². The molecular formula is C15H22ClNO3. The van der Waals surface area contributed by atoms with Crippen molar-refractivity contribution in [3.8, 4) is 5.75 Å². The van der Waals surface area contributed by atoms with Crippen LogP contribution in [0.15, 0.2) is 18.2 Å². The van der Waals surface area contributed by atoms with Gasteiger partial charge in [-0.05, 0) is 45.4 Å². The van der Waals surface area contributed by atoms with E-state index in [1.165, 1.54) is 0 Å². The second-order valence-corrected chi connectivity index (χ2v) is 5.61. The molecule has 1 aromatic carbocycles. The predicted molar refractivity (Wildman–Crippen MR) is 80.5 cm³/mol. The number of nitrogens with zero attached hydrogens (tertiary/aromatic N) is 1. The fourth-order valence-corrected chi connectivity index (χ4v) is 1.89. The first-order chi connectivity index (χ1) is 9.31. The van der Waals surface area contributed by atoms with E-state index in [1.807, 2.05) is 13.8 Å². The number of rotatable bonds is 6. The zero-order valence-electron chi connectivity index (χ0n) is 12.4. The molecule has 1 aromatic rings. The number of aliphatic hydroxyl groups excluding tert-OH is 1. The molecule has 4 nitrogen and oxygen atoms in total. The average Bonchev–Trinajstić information content (AvgIpc) is 2.36. The van der Waals surface area contributed by atoms with Crippen molar-refractivity contribution < 1.29 is 14.6 Å². The molecule has 0 radical (unpaired) electrons. The van der Waals surface area contributed by atoms with Gasteiger partial charge in [0.1, 0.15) is 5.75 Å². The van der Waals surface area contributed by atoms with Crippen LogP contribution in [0.2, 0.25) is 5.02 Å². The van der Waals surface area contributed by atoms with Crippen molar-refractivity contribution in [3.05, 3.63) is 28.8 Å². The minimum atomic E-state index is -0.434. The summed E-state index contributed by atoms with van der Waals surface area (Å²) in [6, 6.07) is 5.02. The Labute approximate surface area is 125 Å². The number of benzene rings is 1. The van der Waals surface area contributed by atoms with Crippen LogP contribution in [0.1, 0.15) is 37.6 Å². The monoisotopic (exact) mass is 299 g/mol. The molecule has 1 unspecified atom stereocenters. The molecule has 112 valence electrons. The maximum absolute atomic E-state index is 12.4. The van der Waals surface area contributed by atoms with Crippen molar-refractivity contribution in [2.75, 3.05) is 13.6 Å². The minimum Gasteiger partial charge on any atom is -0.490 e. The van der Waals surface area contributed by atoms with Gasteiger partial charge in [0, 0.05) is 18.6 Å².